The first-order valence-corrected chi connectivity index (χ1v) is 6.55. The van der Waals surface area contributed by atoms with Crippen LogP contribution in [0.5, 0.6) is 0 Å². The lowest BCUT2D eigenvalue weighted by Crippen LogP contribution is -2.13. The highest BCUT2D eigenvalue weighted by Crippen LogP contribution is 2.28. The normalized spacial score (nSPS) is 11.2. The number of hydrogen-bond donors (Lipinski definition) is 2. The van der Waals surface area contributed by atoms with E-state index in [2.05, 4.69) is 25.5 Å². The quantitative estimate of drug-likeness (QED) is 0.543. The van der Waals surface area contributed by atoms with E-state index in [9.17, 15) is 0 Å². The second-order valence-electron chi connectivity index (χ2n) is 4.21. The van der Waals surface area contributed by atoms with Crippen molar-refractivity contribution in [1.82, 2.24) is 24.7 Å². The Labute approximate surface area is 113 Å². The van der Waals surface area contributed by atoms with E-state index >= 15 is 0 Å². The Hall–Kier alpha value is -2.06. The van der Waals surface area contributed by atoms with Crippen molar-refractivity contribution >= 4 is 27.5 Å². The maximum Gasteiger partial charge on any atom is 0.240 e. The first-order valence-electron chi connectivity index (χ1n) is 5.74. The summed E-state index contributed by atoms with van der Waals surface area (Å²) in [5, 5.41) is 5.32. The number of nitrogens with one attached hydrogen (secondary N) is 1. The molecule has 98 valence electrons. The molecule has 0 saturated carbocycles. The number of rotatable bonds is 2. The second kappa shape index (κ2) is 4.25. The molecule has 3 aromatic rings. The molecule has 3 rings (SSSR count). The number of aryl methyl sites for hydroxylation is 3. The zero-order valence-corrected chi connectivity index (χ0v) is 11.6. The average Bonchev–Trinajstić information content (AvgIpc) is 2.89. The topological polar surface area (TPSA) is 94.5 Å². The van der Waals surface area contributed by atoms with Gasteiger partial charge in [-0.25, -0.2) is 15.8 Å². The van der Waals surface area contributed by atoms with E-state index in [1.807, 2.05) is 26.8 Å². The Kier molecular flexibility index (Phi) is 2.68. The predicted octanol–water partition coefficient (Wildman–Crippen LogP) is 1.48. The average molecular weight is 275 g/mol. The van der Waals surface area contributed by atoms with Gasteiger partial charge >= 0.3 is 0 Å². The molecular formula is C11H13N7S. The van der Waals surface area contributed by atoms with Crippen LogP contribution in [0.2, 0.25) is 0 Å². The van der Waals surface area contributed by atoms with Crippen molar-refractivity contribution in [1.29, 1.82) is 0 Å². The minimum atomic E-state index is 0.372. The van der Waals surface area contributed by atoms with Crippen molar-refractivity contribution in [3.05, 3.63) is 22.6 Å². The third-order valence-electron chi connectivity index (χ3n) is 2.70. The van der Waals surface area contributed by atoms with Crippen LogP contribution in [0.1, 0.15) is 16.5 Å². The minimum absolute atomic E-state index is 0.372. The summed E-state index contributed by atoms with van der Waals surface area (Å²) < 4.78 is 1.71. The summed E-state index contributed by atoms with van der Waals surface area (Å²) >= 11 is 1.59. The molecule has 0 atom stereocenters. The van der Waals surface area contributed by atoms with Crippen molar-refractivity contribution in [3.8, 4) is 5.82 Å². The summed E-state index contributed by atoms with van der Waals surface area (Å²) in [5.41, 5.74) is 2.49. The monoisotopic (exact) mass is 275 g/mol. The molecule has 8 heteroatoms. The highest BCUT2D eigenvalue weighted by Gasteiger charge is 2.15. The van der Waals surface area contributed by atoms with Crippen LogP contribution in [0, 0.1) is 20.8 Å². The van der Waals surface area contributed by atoms with E-state index in [-0.39, 0.29) is 0 Å². The zero-order valence-electron chi connectivity index (χ0n) is 10.8. The fraction of sp³-hybridized carbons (Fsp3) is 0.273. The lowest BCUT2D eigenvalue weighted by Gasteiger charge is -2.06. The van der Waals surface area contributed by atoms with Gasteiger partial charge in [0.05, 0.1) is 5.39 Å². The smallest absolute Gasteiger partial charge is 0.240 e. The molecule has 0 radical (unpaired) electrons. The molecule has 19 heavy (non-hydrogen) atoms. The highest BCUT2D eigenvalue weighted by molar-refractivity contribution is 7.18. The molecule has 0 fully saturated rings. The number of nitrogen functional groups attached to an aromatic ring is 1. The number of thiophene rings is 1. The van der Waals surface area contributed by atoms with Crippen LogP contribution in [0.4, 0.5) is 5.95 Å². The summed E-state index contributed by atoms with van der Waals surface area (Å²) in [6.07, 6.45) is 0. The van der Waals surface area contributed by atoms with E-state index in [1.54, 1.807) is 16.0 Å². The molecule has 0 aliphatic heterocycles. The fourth-order valence-corrected chi connectivity index (χ4v) is 2.85. The molecule has 0 aliphatic rings. The molecule has 0 unspecified atom stereocenters. The number of aromatic nitrogens is 5. The maximum atomic E-state index is 5.42. The van der Waals surface area contributed by atoms with Gasteiger partial charge in [0.1, 0.15) is 16.5 Å². The van der Waals surface area contributed by atoms with Gasteiger partial charge in [-0.15, -0.1) is 16.4 Å². The SMILES string of the molecule is Cc1nc(C)n(-c2nc(NN)nc3sc(C)cc23)n1. The maximum absolute atomic E-state index is 5.42. The Morgan fingerprint density at radius 3 is 2.63 bits per heavy atom. The summed E-state index contributed by atoms with van der Waals surface area (Å²) in [4.78, 5) is 15.1. The Morgan fingerprint density at radius 1 is 1.21 bits per heavy atom. The van der Waals surface area contributed by atoms with Crippen molar-refractivity contribution in [2.24, 2.45) is 5.84 Å². The van der Waals surface area contributed by atoms with Gasteiger partial charge in [-0.05, 0) is 26.8 Å². The second-order valence-corrected chi connectivity index (χ2v) is 5.44. The Bertz CT molecular complexity index is 758. The van der Waals surface area contributed by atoms with Gasteiger partial charge in [0.15, 0.2) is 5.82 Å². The van der Waals surface area contributed by atoms with Crippen LogP contribution >= 0.6 is 11.3 Å². The van der Waals surface area contributed by atoms with Crippen LogP contribution in [-0.4, -0.2) is 24.7 Å². The van der Waals surface area contributed by atoms with Crippen molar-refractivity contribution < 1.29 is 0 Å². The minimum Gasteiger partial charge on any atom is -0.292 e. The van der Waals surface area contributed by atoms with Crippen LogP contribution in [0.25, 0.3) is 16.0 Å². The van der Waals surface area contributed by atoms with Gasteiger partial charge in [-0.1, -0.05) is 0 Å². The van der Waals surface area contributed by atoms with Gasteiger partial charge < -0.3 is 0 Å². The third-order valence-corrected chi connectivity index (χ3v) is 3.64. The van der Waals surface area contributed by atoms with Gasteiger partial charge in [0.2, 0.25) is 5.95 Å². The number of hydrogen-bond acceptors (Lipinski definition) is 7. The summed E-state index contributed by atoms with van der Waals surface area (Å²) in [7, 11) is 0. The molecule has 0 aromatic carbocycles. The fourth-order valence-electron chi connectivity index (χ4n) is 1.97. The van der Waals surface area contributed by atoms with Crippen molar-refractivity contribution in [3.63, 3.8) is 0 Å². The number of hydrazine groups is 1. The molecular weight excluding hydrogens is 262 g/mol. The van der Waals surface area contributed by atoms with Gasteiger partial charge in [0.25, 0.3) is 0 Å². The Balaban J connectivity index is 2.35. The summed E-state index contributed by atoms with van der Waals surface area (Å²) in [5.74, 6) is 7.98. The van der Waals surface area contributed by atoms with E-state index in [0.717, 1.165) is 20.9 Å². The molecule has 3 N–H and O–H groups in total. The van der Waals surface area contributed by atoms with Crippen LogP contribution < -0.4 is 11.3 Å². The molecule has 0 saturated heterocycles. The first-order chi connectivity index (χ1) is 9.08. The lowest BCUT2D eigenvalue weighted by atomic mass is 10.3. The number of nitrogens with two attached hydrogens (primary N) is 1. The first kappa shape index (κ1) is 12.0. The van der Waals surface area contributed by atoms with Gasteiger partial charge in [-0.3, -0.25) is 5.43 Å². The molecule has 0 bridgehead atoms. The third kappa shape index (κ3) is 1.94. The van der Waals surface area contributed by atoms with Crippen molar-refractivity contribution in [2.45, 2.75) is 20.8 Å². The molecule has 7 nitrogen and oxygen atoms in total. The zero-order chi connectivity index (χ0) is 13.6. The van der Waals surface area contributed by atoms with Gasteiger partial charge in [-0.2, -0.15) is 9.67 Å². The summed E-state index contributed by atoms with van der Waals surface area (Å²) in [6, 6.07) is 2.05. The highest BCUT2D eigenvalue weighted by atomic mass is 32.1. The lowest BCUT2D eigenvalue weighted by molar-refractivity contribution is 0.808. The standard InChI is InChI=1S/C11H13N7S/c1-5-4-8-9(18-7(3)13-6(2)17-18)14-11(16-12)15-10(8)19-5/h4H,12H2,1-3H3,(H,14,15,16). The number of nitrogens with zero attached hydrogens (tertiary/aromatic N) is 5. The molecule has 3 heterocycles. The summed E-state index contributed by atoms with van der Waals surface area (Å²) in [6.45, 7) is 5.77. The largest absolute Gasteiger partial charge is 0.292 e. The van der Waals surface area contributed by atoms with E-state index in [1.165, 1.54) is 0 Å². The molecule has 3 aromatic heterocycles. The van der Waals surface area contributed by atoms with E-state index < -0.39 is 0 Å². The van der Waals surface area contributed by atoms with Crippen molar-refractivity contribution in [2.75, 3.05) is 5.43 Å². The van der Waals surface area contributed by atoms with E-state index in [4.69, 9.17) is 5.84 Å². The predicted molar refractivity (Wildman–Crippen MR) is 74.4 cm³/mol. The molecule has 0 aliphatic carbocycles. The van der Waals surface area contributed by atoms with Gasteiger partial charge in [0, 0.05) is 4.88 Å². The molecule has 0 spiro atoms. The Morgan fingerprint density at radius 2 is 2.00 bits per heavy atom. The number of fused-ring (bicyclic) bond motifs is 1. The van der Waals surface area contributed by atoms with Crippen LogP contribution in [-0.2, 0) is 0 Å². The molecule has 0 amide bonds. The number of anilines is 1. The van der Waals surface area contributed by atoms with Crippen LogP contribution in [0.15, 0.2) is 6.07 Å². The van der Waals surface area contributed by atoms with E-state index in [0.29, 0.717) is 17.6 Å². The van der Waals surface area contributed by atoms with Crippen LogP contribution in [0.3, 0.4) is 0 Å².